The summed E-state index contributed by atoms with van der Waals surface area (Å²) in [4.78, 5) is 0. The summed E-state index contributed by atoms with van der Waals surface area (Å²) in [5.41, 5.74) is 12.9. The van der Waals surface area contributed by atoms with Gasteiger partial charge in [0.15, 0.2) is 0 Å². The zero-order valence-corrected chi connectivity index (χ0v) is 27.1. The van der Waals surface area contributed by atoms with Gasteiger partial charge in [-0.1, -0.05) is 91.1 Å². The van der Waals surface area contributed by atoms with E-state index in [2.05, 4.69) is 119 Å². The lowest BCUT2D eigenvalue weighted by Gasteiger charge is -2.29. The number of para-hydroxylation sites is 3. The summed E-state index contributed by atoms with van der Waals surface area (Å²) >= 11 is 0. The van der Waals surface area contributed by atoms with Crippen molar-refractivity contribution in [3.05, 3.63) is 178 Å². The molecule has 0 saturated heterocycles. The van der Waals surface area contributed by atoms with Gasteiger partial charge in [0.25, 0.3) is 0 Å². The van der Waals surface area contributed by atoms with Gasteiger partial charge in [-0.25, -0.2) is 0 Å². The predicted molar refractivity (Wildman–Crippen MR) is 200 cm³/mol. The lowest BCUT2D eigenvalue weighted by Crippen LogP contribution is -2.12. The van der Waals surface area contributed by atoms with Crippen LogP contribution in [0.1, 0.15) is 45.0 Å². The maximum Gasteiger partial charge on any atom is 0.101 e. The molecule has 0 radical (unpaired) electrons. The highest BCUT2D eigenvalue weighted by Gasteiger charge is 2.29. The average Bonchev–Trinajstić information content (AvgIpc) is 3.64. The van der Waals surface area contributed by atoms with E-state index in [1.54, 1.807) is 0 Å². The van der Waals surface area contributed by atoms with Gasteiger partial charge in [-0.2, -0.15) is 15.8 Å². The van der Waals surface area contributed by atoms with Gasteiger partial charge in [-0.15, -0.1) is 0 Å². The Morgan fingerprint density at radius 2 is 1.38 bits per heavy atom. The monoisotopic (exact) mass is 637 g/mol. The molecule has 1 aliphatic heterocycles. The van der Waals surface area contributed by atoms with E-state index < -0.39 is 0 Å². The van der Waals surface area contributed by atoms with Crippen LogP contribution in [0.2, 0.25) is 0 Å². The minimum atomic E-state index is -0.136. The van der Waals surface area contributed by atoms with Crippen molar-refractivity contribution >= 4 is 44.4 Å². The Morgan fingerprint density at radius 3 is 2.24 bits per heavy atom. The fourth-order valence-corrected chi connectivity index (χ4v) is 7.98. The molecule has 0 fully saturated rings. The van der Waals surface area contributed by atoms with Crippen LogP contribution >= 0.6 is 0 Å². The fraction of sp³-hybridized carbons (Fsp3) is 0.0444. The molecule has 9 rings (SSSR count). The molecule has 2 aliphatic rings. The number of rotatable bonds is 2. The van der Waals surface area contributed by atoms with Crippen LogP contribution in [0.15, 0.2) is 139 Å². The molecule has 2 aromatic heterocycles. The zero-order chi connectivity index (χ0) is 33.9. The molecule has 0 saturated carbocycles. The van der Waals surface area contributed by atoms with Crippen LogP contribution < -0.4 is 0 Å². The molecule has 1 atom stereocenters. The van der Waals surface area contributed by atoms with E-state index in [1.165, 1.54) is 0 Å². The number of benzene rings is 5. The maximum atomic E-state index is 10.7. The van der Waals surface area contributed by atoms with E-state index in [4.69, 9.17) is 0 Å². The smallest absolute Gasteiger partial charge is 0.101 e. The van der Waals surface area contributed by atoms with Crippen LogP contribution in [-0.4, -0.2) is 9.13 Å². The summed E-state index contributed by atoms with van der Waals surface area (Å²) in [6, 6.07) is 41.6. The molecule has 50 heavy (non-hydrogen) atoms. The number of hydrogen-bond donors (Lipinski definition) is 0. The summed E-state index contributed by atoms with van der Waals surface area (Å²) in [5, 5.41) is 33.5. The van der Waals surface area contributed by atoms with Crippen LogP contribution in [0.3, 0.4) is 0 Å². The normalized spacial score (nSPS) is 16.4. The number of aromatic nitrogens is 2. The molecule has 0 N–H and O–H groups in total. The van der Waals surface area contributed by atoms with Crippen molar-refractivity contribution in [2.75, 3.05) is 0 Å². The van der Waals surface area contributed by atoms with Crippen molar-refractivity contribution in [1.82, 2.24) is 9.13 Å². The van der Waals surface area contributed by atoms with Gasteiger partial charge in [0.2, 0.25) is 0 Å². The largest absolute Gasteiger partial charge is 0.312 e. The first-order chi connectivity index (χ1) is 24.6. The summed E-state index contributed by atoms with van der Waals surface area (Å²) in [7, 11) is 0. The second-order valence-corrected chi connectivity index (χ2v) is 12.7. The number of fused-ring (bicyclic) bond motifs is 12. The molecule has 7 aromatic rings. The summed E-state index contributed by atoms with van der Waals surface area (Å²) < 4.78 is 4.37. The molecule has 1 unspecified atom stereocenters. The predicted octanol–water partition coefficient (Wildman–Crippen LogP) is 10.3. The van der Waals surface area contributed by atoms with E-state index >= 15 is 0 Å². The van der Waals surface area contributed by atoms with E-state index in [-0.39, 0.29) is 5.92 Å². The van der Waals surface area contributed by atoms with Gasteiger partial charge < -0.3 is 9.13 Å². The molecule has 5 heteroatoms. The van der Waals surface area contributed by atoms with Crippen LogP contribution in [-0.2, 0) is 0 Å². The van der Waals surface area contributed by atoms with E-state index in [0.29, 0.717) is 16.7 Å². The summed E-state index contributed by atoms with van der Waals surface area (Å²) in [6.45, 7) is 2.12. The molecule has 2 bridgehead atoms. The lowest BCUT2D eigenvalue weighted by atomic mass is 9.77. The Balaban J connectivity index is 1.25. The molecular weight excluding hydrogens is 611 g/mol. The third kappa shape index (κ3) is 4.17. The van der Waals surface area contributed by atoms with Crippen LogP contribution in [0, 0.1) is 40.9 Å². The highest BCUT2D eigenvalue weighted by atomic mass is 15.0. The van der Waals surface area contributed by atoms with E-state index in [9.17, 15) is 15.8 Å². The SMILES string of the molecule is Cc1c2c3cccc(C#N)c3n1-c1ccccc1C1C(c3ccc(-n4c5ccccc5c5cc(C#N)ccc54)c(C#N)c3)=CC=C/C1=C/C=C\2. The highest BCUT2D eigenvalue weighted by molar-refractivity contribution is 6.10. The Bertz CT molecular complexity index is 2860. The van der Waals surface area contributed by atoms with Crippen LogP contribution in [0.4, 0.5) is 0 Å². The maximum absolute atomic E-state index is 10.7. The number of nitriles is 3. The minimum Gasteiger partial charge on any atom is -0.312 e. The van der Waals surface area contributed by atoms with E-state index in [1.807, 2.05) is 54.6 Å². The molecule has 5 aromatic carbocycles. The quantitative estimate of drug-likeness (QED) is 0.189. The fourth-order valence-electron chi connectivity index (χ4n) is 7.98. The first-order valence-electron chi connectivity index (χ1n) is 16.5. The van der Waals surface area contributed by atoms with Gasteiger partial charge in [0, 0.05) is 33.3 Å². The van der Waals surface area contributed by atoms with Crippen molar-refractivity contribution < 1.29 is 0 Å². The average molecular weight is 638 g/mol. The Labute approximate surface area is 289 Å². The Hall–Kier alpha value is -7.13. The molecule has 0 spiro atoms. The summed E-state index contributed by atoms with van der Waals surface area (Å²) in [6.07, 6.45) is 12.8. The minimum absolute atomic E-state index is 0.136. The van der Waals surface area contributed by atoms with Crippen molar-refractivity contribution in [1.29, 1.82) is 15.8 Å². The number of nitrogens with zero attached hydrogens (tertiary/aromatic N) is 5. The lowest BCUT2D eigenvalue weighted by molar-refractivity contribution is 0.964. The zero-order valence-electron chi connectivity index (χ0n) is 27.1. The topological polar surface area (TPSA) is 81.2 Å². The second-order valence-electron chi connectivity index (χ2n) is 12.7. The molecule has 232 valence electrons. The molecule has 3 heterocycles. The standard InChI is InChI=1S/C45H27N5/c1-28-34-14-6-9-30-10-7-15-35(44(30)38-13-3-5-18-42(38)49(28)45-32(26-47)11-8-16-37(34)45)31-20-22-40(33(24-31)27-48)50-41-17-4-2-12-36(41)39-23-29(25-46)19-21-43(39)50/h2-24,44H,1H3/b14-6-,30-9-. The molecule has 0 amide bonds. The second kappa shape index (κ2) is 11.2. The van der Waals surface area contributed by atoms with Crippen LogP contribution in [0.25, 0.3) is 55.7 Å². The third-order valence-electron chi connectivity index (χ3n) is 10.1. The van der Waals surface area contributed by atoms with Gasteiger partial charge >= 0.3 is 0 Å². The van der Waals surface area contributed by atoms with Gasteiger partial charge in [0.05, 0.1) is 50.7 Å². The Morgan fingerprint density at radius 1 is 0.600 bits per heavy atom. The highest BCUT2D eigenvalue weighted by Crippen LogP contribution is 2.46. The number of allylic oxidation sites excluding steroid dienone is 7. The molecule has 5 nitrogen and oxygen atoms in total. The first kappa shape index (κ1) is 29.0. The first-order valence-corrected chi connectivity index (χ1v) is 16.5. The van der Waals surface area contributed by atoms with Gasteiger partial charge in [-0.3, -0.25) is 0 Å². The van der Waals surface area contributed by atoms with Crippen LogP contribution in [0.5, 0.6) is 0 Å². The van der Waals surface area contributed by atoms with Crippen molar-refractivity contribution in [2.45, 2.75) is 12.8 Å². The Kier molecular flexibility index (Phi) is 6.53. The molecule has 1 aliphatic carbocycles. The van der Waals surface area contributed by atoms with Crippen molar-refractivity contribution in [2.24, 2.45) is 0 Å². The van der Waals surface area contributed by atoms with Crippen molar-refractivity contribution in [3.8, 4) is 29.6 Å². The number of hydrogen-bond acceptors (Lipinski definition) is 3. The van der Waals surface area contributed by atoms with Crippen molar-refractivity contribution in [3.63, 3.8) is 0 Å². The van der Waals surface area contributed by atoms with Gasteiger partial charge in [0.1, 0.15) is 12.1 Å². The summed E-state index contributed by atoms with van der Waals surface area (Å²) in [5.74, 6) is -0.136. The van der Waals surface area contributed by atoms with Gasteiger partial charge in [-0.05, 0) is 77.7 Å². The third-order valence-corrected chi connectivity index (χ3v) is 10.1. The van der Waals surface area contributed by atoms with E-state index in [0.717, 1.165) is 77.6 Å². The molecular formula is C45H27N5.